The van der Waals surface area contributed by atoms with Crippen LogP contribution in [0.1, 0.15) is 35.4 Å². The first-order valence-corrected chi connectivity index (χ1v) is 8.40. The maximum Gasteiger partial charge on any atom is 0.337 e. The van der Waals surface area contributed by atoms with Crippen molar-refractivity contribution in [2.24, 2.45) is 0 Å². The number of aromatic nitrogens is 2. The Hall–Kier alpha value is -1.73. The predicted octanol–water partition coefficient (Wildman–Crippen LogP) is 1.95. The van der Waals surface area contributed by atoms with Gasteiger partial charge in [0.05, 0.1) is 10.9 Å². The van der Waals surface area contributed by atoms with Gasteiger partial charge in [-0.25, -0.2) is 9.78 Å². The number of thiophene rings is 1. The molecule has 1 aliphatic rings. The first-order chi connectivity index (χ1) is 10.6. The van der Waals surface area contributed by atoms with E-state index >= 15 is 0 Å². The highest BCUT2D eigenvalue weighted by Crippen LogP contribution is 2.21. The summed E-state index contributed by atoms with van der Waals surface area (Å²) < 4.78 is 1.61. The third-order valence-electron chi connectivity index (χ3n) is 4.20. The largest absolute Gasteiger partial charge is 0.478 e. The van der Waals surface area contributed by atoms with E-state index in [4.69, 9.17) is 0 Å². The predicted molar refractivity (Wildman–Crippen MR) is 85.9 cm³/mol. The third-order valence-corrected chi connectivity index (χ3v) is 5.08. The molecule has 3 heterocycles. The van der Waals surface area contributed by atoms with Crippen molar-refractivity contribution in [3.8, 4) is 0 Å². The van der Waals surface area contributed by atoms with Crippen molar-refractivity contribution in [1.82, 2.24) is 14.5 Å². The average molecular weight is 321 g/mol. The Morgan fingerprint density at radius 3 is 2.73 bits per heavy atom. The molecular weight excluding hydrogens is 302 g/mol. The number of hydrogen-bond acceptors (Lipinski definition) is 5. The highest BCUT2D eigenvalue weighted by atomic mass is 32.1. The monoisotopic (exact) mass is 321 g/mol. The van der Waals surface area contributed by atoms with Crippen LogP contribution in [0.5, 0.6) is 0 Å². The van der Waals surface area contributed by atoms with E-state index in [0.717, 1.165) is 19.6 Å². The Kier molecular flexibility index (Phi) is 4.26. The second-order valence-electron chi connectivity index (χ2n) is 5.65. The van der Waals surface area contributed by atoms with Gasteiger partial charge in [-0.05, 0) is 32.9 Å². The summed E-state index contributed by atoms with van der Waals surface area (Å²) in [6.45, 7) is 5.31. The number of nitrogens with zero attached hydrogens (tertiary/aromatic N) is 3. The second kappa shape index (κ2) is 6.18. The van der Waals surface area contributed by atoms with Crippen LogP contribution >= 0.6 is 11.3 Å². The summed E-state index contributed by atoms with van der Waals surface area (Å²) in [5.74, 6) is -0.426. The highest BCUT2D eigenvalue weighted by Gasteiger charge is 2.19. The number of fused-ring (bicyclic) bond motifs is 1. The fraction of sp³-hybridized carbons (Fsp3) is 0.533. The van der Waals surface area contributed by atoms with Gasteiger partial charge in [-0.15, -0.1) is 11.3 Å². The summed E-state index contributed by atoms with van der Waals surface area (Å²) >= 11 is 1.21. The number of aryl methyl sites for hydroxylation is 1. The van der Waals surface area contributed by atoms with Crippen LogP contribution in [0, 0.1) is 6.92 Å². The molecule has 0 radical (unpaired) electrons. The Balaban J connectivity index is 1.93. The fourth-order valence-corrected chi connectivity index (χ4v) is 3.92. The number of piperidine rings is 1. The van der Waals surface area contributed by atoms with Gasteiger partial charge in [-0.2, -0.15) is 0 Å². The van der Waals surface area contributed by atoms with Gasteiger partial charge in [0.2, 0.25) is 0 Å². The van der Waals surface area contributed by atoms with Gasteiger partial charge in [0, 0.05) is 18.5 Å². The lowest BCUT2D eigenvalue weighted by Crippen LogP contribution is -2.35. The fourth-order valence-electron chi connectivity index (χ4n) is 2.97. The van der Waals surface area contributed by atoms with Crippen molar-refractivity contribution < 1.29 is 9.90 Å². The average Bonchev–Trinajstić information content (AvgIpc) is 2.92. The summed E-state index contributed by atoms with van der Waals surface area (Å²) in [6, 6.07) is 0. The molecule has 118 valence electrons. The van der Waals surface area contributed by atoms with Crippen LogP contribution in [0.2, 0.25) is 0 Å². The van der Waals surface area contributed by atoms with Gasteiger partial charge >= 0.3 is 5.97 Å². The Bertz CT molecular complexity index is 759. The quantitative estimate of drug-likeness (QED) is 0.931. The number of rotatable bonds is 4. The number of aromatic carboxylic acids is 1. The van der Waals surface area contributed by atoms with Crippen LogP contribution in [-0.4, -0.2) is 45.2 Å². The first kappa shape index (κ1) is 15.2. The van der Waals surface area contributed by atoms with Crippen molar-refractivity contribution in [2.75, 3.05) is 19.6 Å². The van der Waals surface area contributed by atoms with E-state index in [1.165, 1.54) is 36.0 Å². The van der Waals surface area contributed by atoms with Crippen LogP contribution in [0.25, 0.3) is 10.2 Å². The minimum atomic E-state index is -1.07. The number of carboxylic acid groups (broad SMARTS) is 1. The van der Waals surface area contributed by atoms with Gasteiger partial charge < -0.3 is 10.0 Å². The van der Waals surface area contributed by atoms with Crippen LogP contribution < -0.4 is 5.56 Å². The smallest absolute Gasteiger partial charge is 0.337 e. The summed E-state index contributed by atoms with van der Waals surface area (Å²) in [5, 5.41) is 10.9. The van der Waals surface area contributed by atoms with Gasteiger partial charge in [0.15, 0.2) is 0 Å². The van der Waals surface area contributed by atoms with Crippen LogP contribution in [-0.2, 0) is 6.54 Å². The van der Waals surface area contributed by atoms with E-state index in [9.17, 15) is 14.7 Å². The van der Waals surface area contributed by atoms with Crippen molar-refractivity contribution >= 4 is 27.5 Å². The Labute approximate surface area is 132 Å². The number of carbonyl (C=O) groups is 1. The zero-order valence-electron chi connectivity index (χ0n) is 12.5. The molecule has 6 nitrogen and oxygen atoms in total. The molecule has 0 bridgehead atoms. The van der Waals surface area contributed by atoms with Gasteiger partial charge in [-0.3, -0.25) is 9.36 Å². The first-order valence-electron chi connectivity index (χ1n) is 7.52. The summed E-state index contributed by atoms with van der Waals surface area (Å²) in [6.07, 6.45) is 3.69. The van der Waals surface area contributed by atoms with E-state index in [-0.39, 0.29) is 16.5 Å². The molecule has 7 heteroatoms. The SMILES string of the molecule is Cc1nc2scc(C(=O)O)c2c(=O)n1CCN1CCCCC1. The zero-order chi connectivity index (χ0) is 15.7. The van der Waals surface area contributed by atoms with E-state index in [1.54, 1.807) is 11.5 Å². The lowest BCUT2D eigenvalue weighted by molar-refractivity contribution is 0.0699. The molecule has 1 fully saturated rings. The molecular formula is C15H19N3O3S. The van der Waals surface area contributed by atoms with Gasteiger partial charge in [-0.1, -0.05) is 6.42 Å². The van der Waals surface area contributed by atoms with Crippen molar-refractivity contribution in [1.29, 1.82) is 0 Å². The van der Waals surface area contributed by atoms with E-state index < -0.39 is 5.97 Å². The lowest BCUT2D eigenvalue weighted by atomic mass is 10.1. The van der Waals surface area contributed by atoms with Gasteiger partial charge in [0.25, 0.3) is 5.56 Å². The summed E-state index contributed by atoms with van der Waals surface area (Å²) in [7, 11) is 0. The number of likely N-dealkylation sites (tertiary alicyclic amines) is 1. The van der Waals surface area contributed by atoms with Crippen LogP contribution in [0.15, 0.2) is 10.2 Å². The third kappa shape index (κ3) is 2.78. The summed E-state index contributed by atoms with van der Waals surface area (Å²) in [4.78, 5) is 31.2. The number of hydrogen-bond donors (Lipinski definition) is 1. The Morgan fingerprint density at radius 1 is 1.32 bits per heavy atom. The molecule has 3 rings (SSSR count). The molecule has 0 unspecified atom stereocenters. The van der Waals surface area contributed by atoms with Crippen molar-refractivity contribution in [2.45, 2.75) is 32.7 Å². The molecule has 0 spiro atoms. The second-order valence-corrected chi connectivity index (χ2v) is 6.51. The highest BCUT2D eigenvalue weighted by molar-refractivity contribution is 7.17. The zero-order valence-corrected chi connectivity index (χ0v) is 13.4. The maximum absolute atomic E-state index is 12.7. The molecule has 0 atom stereocenters. The number of carboxylic acids is 1. The maximum atomic E-state index is 12.7. The minimum Gasteiger partial charge on any atom is -0.478 e. The van der Waals surface area contributed by atoms with E-state index in [0.29, 0.717) is 17.2 Å². The van der Waals surface area contributed by atoms with E-state index in [2.05, 4.69) is 9.88 Å². The molecule has 22 heavy (non-hydrogen) atoms. The molecule has 0 aromatic carbocycles. The topological polar surface area (TPSA) is 75.4 Å². The van der Waals surface area contributed by atoms with Crippen molar-refractivity contribution in [3.63, 3.8) is 0 Å². The molecule has 2 aromatic rings. The van der Waals surface area contributed by atoms with Crippen LogP contribution in [0.4, 0.5) is 0 Å². The Morgan fingerprint density at radius 2 is 2.05 bits per heavy atom. The van der Waals surface area contributed by atoms with Crippen LogP contribution in [0.3, 0.4) is 0 Å². The molecule has 1 saturated heterocycles. The van der Waals surface area contributed by atoms with Crippen molar-refractivity contribution in [3.05, 3.63) is 27.1 Å². The molecule has 1 aliphatic heterocycles. The standard InChI is InChI=1S/C15H19N3O3S/c1-10-16-13-12(11(9-22-13)15(20)21)14(19)18(10)8-7-17-5-3-2-4-6-17/h9H,2-8H2,1H3,(H,20,21). The van der Waals surface area contributed by atoms with E-state index in [1.807, 2.05) is 0 Å². The molecule has 0 amide bonds. The summed E-state index contributed by atoms with van der Waals surface area (Å²) in [5.41, 5.74) is -0.178. The molecule has 0 saturated carbocycles. The molecule has 0 aliphatic carbocycles. The van der Waals surface area contributed by atoms with Gasteiger partial charge in [0.1, 0.15) is 10.7 Å². The lowest BCUT2D eigenvalue weighted by Gasteiger charge is -2.26. The molecule has 2 aromatic heterocycles. The molecule has 1 N–H and O–H groups in total. The minimum absolute atomic E-state index is 0.0595. The normalized spacial score (nSPS) is 16.2.